The van der Waals surface area contributed by atoms with Crippen LogP contribution in [0.15, 0.2) is 24.5 Å². The van der Waals surface area contributed by atoms with Crippen molar-refractivity contribution < 1.29 is 9.53 Å². The van der Waals surface area contributed by atoms with E-state index in [2.05, 4.69) is 17.0 Å². The van der Waals surface area contributed by atoms with Gasteiger partial charge in [0.2, 0.25) is 5.91 Å². The number of piperidine rings is 1. The summed E-state index contributed by atoms with van der Waals surface area (Å²) in [5.41, 5.74) is 4.43. The van der Waals surface area contributed by atoms with Gasteiger partial charge >= 0.3 is 0 Å². The van der Waals surface area contributed by atoms with Crippen LogP contribution in [0.4, 0.5) is 0 Å². The zero-order valence-corrected chi connectivity index (χ0v) is 15.9. The molecule has 1 aliphatic rings. The second kappa shape index (κ2) is 8.45. The molecule has 6 heteroatoms. The molecule has 3 rings (SSSR count). The number of nitrogens with zero attached hydrogens (tertiary/aromatic N) is 4. The summed E-state index contributed by atoms with van der Waals surface area (Å²) in [4.78, 5) is 18.7. The standard InChI is InChI=1S/C20H28N4O2/c1-15-19(16(2)23(3)22-15)8-9-20(25)24-11-5-7-18(13-24)26-14-17-6-4-10-21-12-17/h4,6,10,12,18H,5,7-9,11,13-14H2,1-3H3. The number of aromatic nitrogens is 3. The summed E-state index contributed by atoms with van der Waals surface area (Å²) in [6.45, 7) is 6.13. The Morgan fingerprint density at radius 1 is 1.38 bits per heavy atom. The highest BCUT2D eigenvalue weighted by molar-refractivity contribution is 5.76. The molecule has 1 fully saturated rings. The summed E-state index contributed by atoms with van der Waals surface area (Å²) in [5.74, 6) is 0.210. The van der Waals surface area contributed by atoms with Crippen LogP contribution in [-0.2, 0) is 29.6 Å². The summed E-state index contributed by atoms with van der Waals surface area (Å²) in [6.07, 6.45) is 6.97. The van der Waals surface area contributed by atoms with Crippen LogP contribution in [-0.4, -0.2) is 44.8 Å². The van der Waals surface area contributed by atoms with Crippen molar-refractivity contribution in [2.45, 2.75) is 52.2 Å². The maximum Gasteiger partial charge on any atom is 0.222 e. The molecule has 2 aromatic rings. The third-order valence-electron chi connectivity index (χ3n) is 5.19. The molecule has 1 unspecified atom stereocenters. The number of pyridine rings is 1. The predicted molar refractivity (Wildman–Crippen MR) is 99.6 cm³/mol. The Kier molecular flexibility index (Phi) is 6.04. The average Bonchev–Trinajstić information content (AvgIpc) is 2.91. The molecular weight excluding hydrogens is 328 g/mol. The van der Waals surface area contributed by atoms with Gasteiger partial charge in [0, 0.05) is 44.6 Å². The van der Waals surface area contributed by atoms with Crippen molar-refractivity contribution in [1.29, 1.82) is 0 Å². The van der Waals surface area contributed by atoms with Crippen molar-refractivity contribution in [2.75, 3.05) is 13.1 Å². The lowest BCUT2D eigenvalue weighted by molar-refractivity contribution is -0.135. The molecule has 0 N–H and O–H groups in total. The lowest BCUT2D eigenvalue weighted by atomic mass is 10.0. The van der Waals surface area contributed by atoms with Gasteiger partial charge in [-0.3, -0.25) is 14.5 Å². The van der Waals surface area contributed by atoms with Crippen LogP contribution in [0.1, 0.15) is 41.8 Å². The lowest BCUT2D eigenvalue weighted by Crippen LogP contribution is -2.43. The van der Waals surface area contributed by atoms with E-state index in [4.69, 9.17) is 4.74 Å². The summed E-state index contributed by atoms with van der Waals surface area (Å²) >= 11 is 0. The van der Waals surface area contributed by atoms with Crippen LogP contribution in [0, 0.1) is 13.8 Å². The maximum absolute atomic E-state index is 12.7. The number of likely N-dealkylation sites (tertiary alicyclic amines) is 1. The molecule has 2 aromatic heterocycles. The van der Waals surface area contributed by atoms with Gasteiger partial charge in [-0.05, 0) is 50.3 Å². The van der Waals surface area contributed by atoms with Gasteiger partial charge in [-0.25, -0.2) is 0 Å². The fourth-order valence-corrected chi connectivity index (χ4v) is 3.57. The Bertz CT molecular complexity index is 742. The highest BCUT2D eigenvalue weighted by Gasteiger charge is 2.24. The number of ether oxygens (including phenoxy) is 1. The first-order valence-corrected chi connectivity index (χ1v) is 9.32. The molecule has 0 aliphatic carbocycles. The zero-order valence-electron chi connectivity index (χ0n) is 15.9. The van der Waals surface area contributed by atoms with Crippen molar-refractivity contribution in [3.05, 3.63) is 47.0 Å². The fourth-order valence-electron chi connectivity index (χ4n) is 3.57. The van der Waals surface area contributed by atoms with Gasteiger partial charge in [-0.2, -0.15) is 5.10 Å². The first-order valence-electron chi connectivity index (χ1n) is 9.32. The fraction of sp³-hybridized carbons (Fsp3) is 0.550. The molecule has 0 radical (unpaired) electrons. The molecule has 1 amide bonds. The summed E-state index contributed by atoms with van der Waals surface area (Å²) in [5, 5.41) is 4.43. The molecule has 0 saturated carbocycles. The highest BCUT2D eigenvalue weighted by Crippen LogP contribution is 2.18. The maximum atomic E-state index is 12.7. The Hall–Kier alpha value is -2.21. The minimum Gasteiger partial charge on any atom is -0.372 e. The summed E-state index contributed by atoms with van der Waals surface area (Å²) < 4.78 is 7.89. The Morgan fingerprint density at radius 3 is 2.92 bits per heavy atom. The Labute approximate surface area is 155 Å². The van der Waals surface area contributed by atoms with Crippen molar-refractivity contribution >= 4 is 5.91 Å². The second-order valence-electron chi connectivity index (χ2n) is 7.05. The number of hydrogen-bond acceptors (Lipinski definition) is 4. The molecule has 1 aliphatic heterocycles. The van der Waals surface area contributed by atoms with Gasteiger partial charge in [0.15, 0.2) is 0 Å². The molecule has 0 aromatic carbocycles. The molecular formula is C20H28N4O2. The zero-order chi connectivity index (χ0) is 18.5. The number of hydrogen-bond donors (Lipinski definition) is 0. The van der Waals surface area contributed by atoms with Crippen LogP contribution in [0.25, 0.3) is 0 Å². The van der Waals surface area contributed by atoms with Crippen LogP contribution in [0.5, 0.6) is 0 Å². The average molecular weight is 356 g/mol. The van der Waals surface area contributed by atoms with Crippen LogP contribution >= 0.6 is 0 Å². The van der Waals surface area contributed by atoms with Crippen LogP contribution < -0.4 is 0 Å². The number of amides is 1. The van der Waals surface area contributed by atoms with E-state index in [1.165, 1.54) is 5.56 Å². The van der Waals surface area contributed by atoms with Crippen LogP contribution in [0.3, 0.4) is 0 Å². The third kappa shape index (κ3) is 4.49. The third-order valence-corrected chi connectivity index (χ3v) is 5.19. The Balaban J connectivity index is 1.49. The Morgan fingerprint density at radius 2 is 2.23 bits per heavy atom. The molecule has 1 atom stereocenters. The first-order chi connectivity index (χ1) is 12.5. The minimum atomic E-state index is 0.106. The number of rotatable bonds is 6. The smallest absolute Gasteiger partial charge is 0.222 e. The highest BCUT2D eigenvalue weighted by atomic mass is 16.5. The monoisotopic (exact) mass is 356 g/mol. The van der Waals surface area contributed by atoms with E-state index in [9.17, 15) is 4.79 Å². The molecule has 6 nitrogen and oxygen atoms in total. The van der Waals surface area contributed by atoms with E-state index in [-0.39, 0.29) is 12.0 Å². The molecule has 0 bridgehead atoms. The molecule has 3 heterocycles. The minimum absolute atomic E-state index is 0.106. The van der Waals surface area contributed by atoms with Gasteiger partial charge in [-0.1, -0.05) is 6.07 Å². The number of aryl methyl sites for hydroxylation is 2. The van der Waals surface area contributed by atoms with Gasteiger partial charge in [0.1, 0.15) is 0 Å². The van der Waals surface area contributed by atoms with E-state index in [1.807, 2.05) is 41.9 Å². The lowest BCUT2D eigenvalue weighted by Gasteiger charge is -2.32. The first kappa shape index (κ1) is 18.6. The normalized spacial score (nSPS) is 17.5. The van der Waals surface area contributed by atoms with E-state index in [0.29, 0.717) is 19.6 Å². The van der Waals surface area contributed by atoms with Crippen molar-refractivity contribution in [1.82, 2.24) is 19.7 Å². The molecule has 26 heavy (non-hydrogen) atoms. The van der Waals surface area contributed by atoms with E-state index in [0.717, 1.165) is 42.8 Å². The second-order valence-corrected chi connectivity index (χ2v) is 7.05. The SMILES string of the molecule is Cc1nn(C)c(C)c1CCC(=O)N1CCCC(OCc2cccnc2)C1. The van der Waals surface area contributed by atoms with E-state index in [1.54, 1.807) is 6.20 Å². The molecule has 140 valence electrons. The summed E-state index contributed by atoms with van der Waals surface area (Å²) in [6, 6.07) is 3.93. The van der Waals surface area contributed by atoms with Crippen molar-refractivity contribution in [3.8, 4) is 0 Å². The summed E-state index contributed by atoms with van der Waals surface area (Å²) in [7, 11) is 1.95. The van der Waals surface area contributed by atoms with E-state index >= 15 is 0 Å². The van der Waals surface area contributed by atoms with Gasteiger partial charge in [0.05, 0.1) is 18.4 Å². The van der Waals surface area contributed by atoms with Gasteiger partial charge < -0.3 is 9.64 Å². The predicted octanol–water partition coefficient (Wildman–Crippen LogP) is 2.57. The quantitative estimate of drug-likeness (QED) is 0.798. The van der Waals surface area contributed by atoms with Gasteiger partial charge in [-0.15, -0.1) is 0 Å². The van der Waals surface area contributed by atoms with Crippen LogP contribution in [0.2, 0.25) is 0 Å². The van der Waals surface area contributed by atoms with Gasteiger partial charge in [0.25, 0.3) is 0 Å². The largest absolute Gasteiger partial charge is 0.372 e. The number of carbonyl (C=O) groups is 1. The number of carbonyl (C=O) groups excluding carboxylic acids is 1. The van der Waals surface area contributed by atoms with Crippen molar-refractivity contribution in [2.24, 2.45) is 7.05 Å². The topological polar surface area (TPSA) is 60.2 Å². The van der Waals surface area contributed by atoms with Crippen molar-refractivity contribution in [3.63, 3.8) is 0 Å². The van der Waals surface area contributed by atoms with E-state index < -0.39 is 0 Å². The molecule has 0 spiro atoms. The molecule has 1 saturated heterocycles.